The molecule has 182 valence electrons. The van der Waals surface area contributed by atoms with E-state index in [9.17, 15) is 18.0 Å². The Morgan fingerprint density at radius 2 is 1.63 bits per heavy atom. The maximum absolute atomic E-state index is 13.5. The molecule has 8 heteroatoms. The highest BCUT2D eigenvalue weighted by molar-refractivity contribution is 7.90. The summed E-state index contributed by atoms with van der Waals surface area (Å²) in [6.45, 7) is 1.65. The summed E-state index contributed by atoms with van der Waals surface area (Å²) in [5, 5.41) is 2.59. The number of fused-ring (bicyclic) bond motifs is 1. The van der Waals surface area contributed by atoms with Crippen molar-refractivity contribution in [3.63, 3.8) is 0 Å². The van der Waals surface area contributed by atoms with E-state index in [4.69, 9.17) is 0 Å². The SMILES string of the molecule is Cc1ccccc1S(=O)(=O)NC(=O)NC(Cc1ccccc1)C(=O)N(C)c1ccc2c(c1)CCC2. The van der Waals surface area contributed by atoms with Crippen LogP contribution >= 0.6 is 0 Å². The van der Waals surface area contributed by atoms with Gasteiger partial charge in [-0.15, -0.1) is 0 Å². The van der Waals surface area contributed by atoms with E-state index < -0.39 is 22.1 Å². The Labute approximate surface area is 206 Å². The molecule has 1 aliphatic carbocycles. The van der Waals surface area contributed by atoms with Crippen LogP contribution < -0.4 is 14.9 Å². The van der Waals surface area contributed by atoms with Crippen molar-refractivity contribution in [3.8, 4) is 0 Å². The first-order chi connectivity index (χ1) is 16.7. The largest absolute Gasteiger partial charge is 0.329 e. The van der Waals surface area contributed by atoms with Gasteiger partial charge >= 0.3 is 6.03 Å². The molecule has 0 fully saturated rings. The van der Waals surface area contributed by atoms with Gasteiger partial charge in [-0.25, -0.2) is 17.9 Å². The second-order valence-electron chi connectivity index (χ2n) is 8.79. The molecule has 0 spiro atoms. The minimum absolute atomic E-state index is 0.0105. The number of benzene rings is 3. The van der Waals surface area contributed by atoms with Crippen molar-refractivity contribution in [1.82, 2.24) is 10.0 Å². The Balaban J connectivity index is 1.55. The van der Waals surface area contributed by atoms with Crippen molar-refractivity contribution in [1.29, 1.82) is 0 Å². The molecule has 1 atom stereocenters. The number of likely N-dealkylation sites (N-methyl/N-ethyl adjacent to an activating group) is 1. The van der Waals surface area contributed by atoms with Crippen molar-refractivity contribution in [2.24, 2.45) is 0 Å². The monoisotopic (exact) mass is 491 g/mol. The molecule has 0 saturated heterocycles. The molecule has 4 rings (SSSR count). The Morgan fingerprint density at radius 3 is 2.37 bits per heavy atom. The van der Waals surface area contributed by atoms with Gasteiger partial charge in [0.25, 0.3) is 10.0 Å². The second kappa shape index (κ2) is 10.3. The molecule has 3 aromatic carbocycles. The van der Waals surface area contributed by atoms with Crippen LogP contribution in [0.1, 0.15) is 28.7 Å². The van der Waals surface area contributed by atoms with Gasteiger partial charge in [-0.2, -0.15) is 0 Å². The first-order valence-corrected chi connectivity index (χ1v) is 13.0. The zero-order valence-electron chi connectivity index (χ0n) is 19.8. The first kappa shape index (κ1) is 24.5. The maximum Gasteiger partial charge on any atom is 0.329 e. The lowest BCUT2D eigenvalue weighted by Crippen LogP contribution is -2.52. The van der Waals surface area contributed by atoms with Crippen LogP contribution in [0.5, 0.6) is 0 Å². The summed E-state index contributed by atoms with van der Waals surface area (Å²) in [6.07, 6.45) is 3.34. The number of nitrogens with zero attached hydrogens (tertiary/aromatic N) is 1. The number of anilines is 1. The van der Waals surface area contributed by atoms with Gasteiger partial charge in [0.2, 0.25) is 5.91 Å². The predicted octanol–water partition coefficient (Wildman–Crippen LogP) is 3.75. The molecule has 7 nitrogen and oxygen atoms in total. The molecule has 0 saturated carbocycles. The van der Waals surface area contributed by atoms with Gasteiger partial charge in [-0.1, -0.05) is 54.6 Å². The normalized spacial score (nSPS) is 13.5. The minimum atomic E-state index is -4.10. The molecule has 3 amide bonds. The molecule has 3 aromatic rings. The van der Waals surface area contributed by atoms with Crippen LogP contribution in [-0.2, 0) is 34.1 Å². The van der Waals surface area contributed by atoms with Gasteiger partial charge < -0.3 is 10.2 Å². The number of aryl methyl sites for hydroxylation is 3. The van der Waals surface area contributed by atoms with Crippen LogP contribution in [0.3, 0.4) is 0 Å². The van der Waals surface area contributed by atoms with Crippen LogP contribution in [0.2, 0.25) is 0 Å². The van der Waals surface area contributed by atoms with Crippen LogP contribution in [0.25, 0.3) is 0 Å². The summed E-state index contributed by atoms with van der Waals surface area (Å²) in [7, 11) is -2.43. The number of hydrogen-bond donors (Lipinski definition) is 2. The Morgan fingerprint density at radius 1 is 0.943 bits per heavy atom. The highest BCUT2D eigenvalue weighted by Gasteiger charge is 2.28. The van der Waals surface area contributed by atoms with Crippen molar-refractivity contribution in [2.45, 2.75) is 43.5 Å². The van der Waals surface area contributed by atoms with Crippen LogP contribution in [-0.4, -0.2) is 33.4 Å². The van der Waals surface area contributed by atoms with Gasteiger partial charge in [0.15, 0.2) is 0 Å². The molecule has 0 aromatic heterocycles. The fourth-order valence-electron chi connectivity index (χ4n) is 4.40. The fraction of sp³-hybridized carbons (Fsp3) is 0.259. The van der Waals surface area contributed by atoms with Gasteiger partial charge in [-0.3, -0.25) is 4.79 Å². The smallest absolute Gasteiger partial charge is 0.325 e. The summed E-state index contributed by atoms with van der Waals surface area (Å²) >= 11 is 0. The topological polar surface area (TPSA) is 95.6 Å². The summed E-state index contributed by atoms with van der Waals surface area (Å²) < 4.78 is 27.6. The van der Waals surface area contributed by atoms with Crippen molar-refractivity contribution in [3.05, 3.63) is 95.1 Å². The lowest BCUT2D eigenvalue weighted by atomic mass is 10.0. The van der Waals surface area contributed by atoms with Gasteiger partial charge in [-0.05, 0) is 66.6 Å². The van der Waals surface area contributed by atoms with E-state index in [0.717, 1.165) is 30.5 Å². The van der Waals surface area contributed by atoms with Gasteiger partial charge in [0.05, 0.1) is 4.90 Å². The third kappa shape index (κ3) is 5.71. The summed E-state index contributed by atoms with van der Waals surface area (Å²) in [6, 6.07) is 19.7. The Hall–Kier alpha value is -3.65. The zero-order chi connectivity index (χ0) is 25.0. The summed E-state index contributed by atoms with van der Waals surface area (Å²) in [5.74, 6) is -0.338. The van der Waals surface area contributed by atoms with E-state index in [-0.39, 0.29) is 17.2 Å². The molecule has 1 unspecified atom stereocenters. The summed E-state index contributed by atoms with van der Waals surface area (Å²) in [4.78, 5) is 27.8. The number of urea groups is 1. The number of nitrogens with one attached hydrogen (secondary N) is 2. The number of sulfonamides is 1. The number of amides is 3. The average molecular weight is 492 g/mol. The number of carbonyl (C=O) groups excluding carboxylic acids is 2. The molecule has 0 heterocycles. The molecule has 1 aliphatic rings. The molecule has 0 aliphatic heterocycles. The fourth-order valence-corrected chi connectivity index (χ4v) is 5.56. The third-order valence-corrected chi connectivity index (χ3v) is 7.79. The van der Waals surface area contributed by atoms with Crippen molar-refractivity contribution in [2.75, 3.05) is 11.9 Å². The number of rotatable bonds is 7. The van der Waals surface area contributed by atoms with Crippen molar-refractivity contribution < 1.29 is 18.0 Å². The lowest BCUT2D eigenvalue weighted by Gasteiger charge is -2.25. The van der Waals surface area contributed by atoms with E-state index in [0.29, 0.717) is 5.56 Å². The Bertz CT molecular complexity index is 1340. The standard InChI is InChI=1S/C27H29N3O4S/c1-19-9-6-7-14-25(19)35(33,34)29-27(32)28-24(17-20-10-4-3-5-11-20)26(31)30(2)23-16-15-21-12-8-13-22(21)18-23/h3-7,9-11,14-16,18,24H,8,12-13,17H2,1-2H3,(H2,28,29,32). The van der Waals surface area contributed by atoms with E-state index in [1.807, 2.05) is 53.3 Å². The van der Waals surface area contributed by atoms with Crippen molar-refractivity contribution >= 4 is 27.6 Å². The third-order valence-electron chi connectivity index (χ3n) is 6.30. The molecule has 0 bridgehead atoms. The molecule has 35 heavy (non-hydrogen) atoms. The van der Waals surface area contributed by atoms with E-state index in [2.05, 4.69) is 5.32 Å². The maximum atomic E-state index is 13.5. The zero-order valence-corrected chi connectivity index (χ0v) is 20.6. The van der Waals surface area contributed by atoms with Gasteiger partial charge in [0.1, 0.15) is 6.04 Å². The highest BCUT2D eigenvalue weighted by Crippen LogP contribution is 2.27. The van der Waals surface area contributed by atoms with Crippen LogP contribution in [0.4, 0.5) is 10.5 Å². The van der Waals surface area contributed by atoms with E-state index in [1.165, 1.54) is 22.1 Å². The van der Waals surface area contributed by atoms with E-state index in [1.54, 1.807) is 32.2 Å². The molecular formula is C27H29N3O4S. The lowest BCUT2D eigenvalue weighted by molar-refractivity contribution is -0.120. The van der Waals surface area contributed by atoms with E-state index >= 15 is 0 Å². The second-order valence-corrected chi connectivity index (χ2v) is 10.4. The quantitative estimate of drug-likeness (QED) is 0.526. The molecule has 2 N–H and O–H groups in total. The van der Waals surface area contributed by atoms with Crippen LogP contribution in [0, 0.1) is 6.92 Å². The number of carbonyl (C=O) groups is 2. The average Bonchev–Trinajstić information content (AvgIpc) is 3.31. The minimum Gasteiger partial charge on any atom is -0.325 e. The highest BCUT2D eigenvalue weighted by atomic mass is 32.2. The first-order valence-electron chi connectivity index (χ1n) is 11.6. The molecule has 0 radical (unpaired) electrons. The Kier molecular flexibility index (Phi) is 7.21. The number of hydrogen-bond acceptors (Lipinski definition) is 4. The molecular weight excluding hydrogens is 462 g/mol. The van der Waals surface area contributed by atoms with Gasteiger partial charge in [0, 0.05) is 19.2 Å². The predicted molar refractivity (Wildman–Crippen MR) is 136 cm³/mol. The van der Waals surface area contributed by atoms with Crippen LogP contribution in [0.15, 0.2) is 77.7 Å². The summed E-state index contributed by atoms with van der Waals surface area (Å²) in [5.41, 5.74) is 4.63.